The van der Waals surface area contributed by atoms with Crippen molar-refractivity contribution < 1.29 is 4.74 Å². The van der Waals surface area contributed by atoms with Crippen molar-refractivity contribution in [3.63, 3.8) is 0 Å². The number of aromatic nitrogens is 2. The number of fused-ring (bicyclic) bond motifs is 1. The number of nitrogens with zero attached hydrogens (tertiary/aromatic N) is 2. The molecule has 0 bridgehead atoms. The fraction of sp³-hybridized carbons (Fsp3) is 0.0909. The van der Waals surface area contributed by atoms with Gasteiger partial charge in [-0.25, -0.2) is 9.97 Å². The van der Waals surface area contributed by atoms with Crippen LogP contribution in [-0.4, -0.2) is 17.1 Å². The molecule has 1 N–H and O–H groups in total. The quantitative estimate of drug-likeness (QED) is 0.432. The van der Waals surface area contributed by atoms with Gasteiger partial charge in [-0.15, -0.1) is 0 Å². The fourth-order valence-electron chi connectivity index (χ4n) is 2.92. The number of rotatable bonds is 4. The number of ether oxygens (including phenoxy) is 1. The number of benzene rings is 3. The Hall–Kier alpha value is -2.92. The smallest absolute Gasteiger partial charge is 0.227 e. The summed E-state index contributed by atoms with van der Waals surface area (Å²) in [5.74, 6) is 1.40. The van der Waals surface area contributed by atoms with E-state index in [-0.39, 0.29) is 0 Å². The molecule has 5 heteroatoms. The number of hydrogen-bond donors (Lipinski definition) is 1. The Morgan fingerprint density at radius 2 is 1.81 bits per heavy atom. The van der Waals surface area contributed by atoms with Crippen LogP contribution in [-0.2, 0) is 0 Å². The predicted molar refractivity (Wildman–Crippen MR) is 114 cm³/mol. The normalized spacial score (nSPS) is 10.8. The van der Waals surface area contributed by atoms with E-state index in [0.717, 1.165) is 37.9 Å². The minimum atomic E-state index is 0.569. The van der Waals surface area contributed by atoms with Crippen molar-refractivity contribution in [1.82, 2.24) is 9.97 Å². The maximum atomic E-state index is 5.26. The van der Waals surface area contributed by atoms with Crippen LogP contribution in [0.2, 0.25) is 0 Å². The van der Waals surface area contributed by atoms with E-state index in [1.54, 1.807) is 7.11 Å². The van der Waals surface area contributed by atoms with Crippen LogP contribution in [0.5, 0.6) is 5.75 Å². The first kappa shape index (κ1) is 17.5. The molecule has 0 saturated heterocycles. The van der Waals surface area contributed by atoms with E-state index in [4.69, 9.17) is 9.72 Å². The van der Waals surface area contributed by atoms with Gasteiger partial charge < -0.3 is 10.1 Å². The Morgan fingerprint density at radius 3 is 2.56 bits per heavy atom. The van der Waals surface area contributed by atoms with Gasteiger partial charge in [0, 0.05) is 27.3 Å². The summed E-state index contributed by atoms with van der Waals surface area (Å²) < 4.78 is 6.30. The second-order valence-corrected chi connectivity index (χ2v) is 7.11. The van der Waals surface area contributed by atoms with Crippen molar-refractivity contribution in [2.45, 2.75) is 6.92 Å². The molecule has 0 saturated carbocycles. The first-order valence-corrected chi connectivity index (χ1v) is 9.37. The van der Waals surface area contributed by atoms with Crippen LogP contribution in [0.3, 0.4) is 0 Å². The van der Waals surface area contributed by atoms with Gasteiger partial charge in [0.25, 0.3) is 0 Å². The van der Waals surface area contributed by atoms with Crippen LogP contribution in [0.1, 0.15) is 5.56 Å². The number of anilines is 2. The summed E-state index contributed by atoms with van der Waals surface area (Å²) in [6, 6.07) is 20.2. The molecule has 0 amide bonds. The van der Waals surface area contributed by atoms with Gasteiger partial charge in [-0.05, 0) is 42.3 Å². The second kappa shape index (κ2) is 7.37. The minimum Gasteiger partial charge on any atom is -0.497 e. The third-order valence-corrected chi connectivity index (χ3v) is 5.29. The molecule has 27 heavy (non-hydrogen) atoms. The molecule has 0 aliphatic heterocycles. The summed E-state index contributed by atoms with van der Waals surface area (Å²) in [7, 11) is 1.67. The zero-order chi connectivity index (χ0) is 18.8. The number of hydrogen-bond acceptors (Lipinski definition) is 4. The largest absolute Gasteiger partial charge is 0.497 e. The fourth-order valence-corrected chi connectivity index (χ4v) is 3.30. The summed E-state index contributed by atoms with van der Waals surface area (Å²) in [4.78, 5) is 9.23. The van der Waals surface area contributed by atoms with E-state index < -0.39 is 0 Å². The molecule has 1 heterocycles. The summed E-state index contributed by atoms with van der Waals surface area (Å²) in [5.41, 5.74) is 5.18. The molecule has 1 aromatic heterocycles. The van der Waals surface area contributed by atoms with Crippen molar-refractivity contribution >= 4 is 38.5 Å². The summed E-state index contributed by atoms with van der Waals surface area (Å²) in [6.45, 7) is 2.06. The lowest BCUT2D eigenvalue weighted by atomic mass is 10.0. The molecule has 0 radical (unpaired) electrons. The van der Waals surface area contributed by atoms with E-state index in [2.05, 4.69) is 45.3 Å². The predicted octanol–water partition coefficient (Wildman–Crippen LogP) is 6.12. The average Bonchev–Trinajstić information content (AvgIpc) is 2.70. The Kier molecular flexibility index (Phi) is 4.77. The van der Waals surface area contributed by atoms with Crippen molar-refractivity contribution in [2.75, 3.05) is 12.4 Å². The second-order valence-electron chi connectivity index (χ2n) is 6.25. The van der Waals surface area contributed by atoms with Gasteiger partial charge in [-0.2, -0.15) is 0 Å². The zero-order valence-corrected chi connectivity index (χ0v) is 16.6. The van der Waals surface area contributed by atoms with Crippen LogP contribution < -0.4 is 10.1 Å². The highest BCUT2D eigenvalue weighted by molar-refractivity contribution is 9.10. The molecule has 3 aromatic carbocycles. The Labute approximate surface area is 166 Å². The van der Waals surface area contributed by atoms with Crippen molar-refractivity contribution in [3.8, 4) is 16.9 Å². The van der Waals surface area contributed by atoms with Crippen molar-refractivity contribution in [2.24, 2.45) is 0 Å². The molecule has 4 aromatic rings. The Morgan fingerprint density at radius 1 is 1.00 bits per heavy atom. The van der Waals surface area contributed by atoms with Crippen molar-refractivity contribution in [1.29, 1.82) is 0 Å². The van der Waals surface area contributed by atoms with Gasteiger partial charge in [-0.1, -0.05) is 52.3 Å². The Bertz CT molecular complexity index is 1110. The van der Waals surface area contributed by atoms with E-state index in [1.165, 1.54) is 5.56 Å². The number of methoxy groups -OCH3 is 1. The summed E-state index contributed by atoms with van der Waals surface area (Å²) in [6.07, 6.45) is 1.85. The standard InChI is InChI=1S/C22H18BrN3O/c1-14-6-9-17(12-20(14)23)25-22-24-13-16-4-3-5-19(21(16)26-22)15-7-10-18(27-2)11-8-15/h3-13H,1-2H3,(H,24,25,26). The maximum Gasteiger partial charge on any atom is 0.227 e. The lowest BCUT2D eigenvalue weighted by Gasteiger charge is -2.10. The first-order valence-electron chi connectivity index (χ1n) is 8.57. The molecule has 0 aliphatic carbocycles. The lowest BCUT2D eigenvalue weighted by molar-refractivity contribution is 0.415. The average molecular weight is 420 g/mol. The topological polar surface area (TPSA) is 47.0 Å². The third kappa shape index (κ3) is 3.64. The molecular formula is C22H18BrN3O. The van der Waals surface area contributed by atoms with Crippen LogP contribution in [0.4, 0.5) is 11.6 Å². The highest BCUT2D eigenvalue weighted by atomic mass is 79.9. The minimum absolute atomic E-state index is 0.569. The van der Waals surface area contributed by atoms with Crippen molar-refractivity contribution in [3.05, 3.63) is 76.9 Å². The van der Waals surface area contributed by atoms with Gasteiger partial charge in [0.15, 0.2) is 0 Å². The highest BCUT2D eigenvalue weighted by Crippen LogP contribution is 2.30. The van der Waals surface area contributed by atoms with Gasteiger partial charge in [0.1, 0.15) is 5.75 Å². The summed E-state index contributed by atoms with van der Waals surface area (Å²) in [5, 5.41) is 4.29. The molecular weight excluding hydrogens is 402 g/mol. The molecule has 0 unspecified atom stereocenters. The lowest BCUT2D eigenvalue weighted by Crippen LogP contribution is -1.98. The van der Waals surface area contributed by atoms with E-state index >= 15 is 0 Å². The van der Waals surface area contributed by atoms with Gasteiger partial charge in [-0.3, -0.25) is 0 Å². The molecule has 4 rings (SSSR count). The summed E-state index contributed by atoms with van der Waals surface area (Å²) >= 11 is 3.56. The van der Waals surface area contributed by atoms with Gasteiger partial charge in [0.2, 0.25) is 5.95 Å². The van der Waals surface area contributed by atoms with Gasteiger partial charge in [0.05, 0.1) is 12.6 Å². The van der Waals surface area contributed by atoms with E-state index in [1.807, 2.05) is 54.7 Å². The maximum absolute atomic E-state index is 5.26. The monoisotopic (exact) mass is 419 g/mol. The molecule has 134 valence electrons. The first-order chi connectivity index (χ1) is 13.1. The Balaban J connectivity index is 1.75. The van der Waals surface area contributed by atoms with E-state index in [0.29, 0.717) is 5.95 Å². The van der Waals surface area contributed by atoms with Crippen LogP contribution in [0.15, 0.2) is 71.3 Å². The molecule has 0 aliphatic rings. The van der Waals surface area contributed by atoms with Crippen LogP contribution >= 0.6 is 15.9 Å². The molecule has 0 atom stereocenters. The van der Waals surface area contributed by atoms with Gasteiger partial charge >= 0.3 is 0 Å². The number of nitrogens with one attached hydrogen (secondary N) is 1. The molecule has 0 fully saturated rings. The van der Waals surface area contributed by atoms with Crippen LogP contribution in [0.25, 0.3) is 22.0 Å². The molecule has 4 nitrogen and oxygen atoms in total. The number of aryl methyl sites for hydroxylation is 1. The number of halogens is 1. The number of para-hydroxylation sites is 1. The van der Waals surface area contributed by atoms with E-state index in [9.17, 15) is 0 Å². The van der Waals surface area contributed by atoms with Crippen LogP contribution in [0, 0.1) is 6.92 Å². The molecule has 0 spiro atoms. The SMILES string of the molecule is COc1ccc(-c2cccc3cnc(Nc4ccc(C)c(Br)c4)nc23)cc1. The third-order valence-electron chi connectivity index (χ3n) is 4.44. The zero-order valence-electron chi connectivity index (χ0n) is 15.0. The highest BCUT2D eigenvalue weighted by Gasteiger charge is 2.08.